The van der Waals surface area contributed by atoms with Crippen LogP contribution in [-0.4, -0.2) is 0 Å². The number of hydrogen-bond acceptors (Lipinski definition) is 0. The molecule has 0 heterocycles. The summed E-state index contributed by atoms with van der Waals surface area (Å²) in [5, 5.41) is 0. The van der Waals surface area contributed by atoms with E-state index in [-0.39, 0.29) is 65.0 Å². The van der Waals surface area contributed by atoms with E-state index in [0.717, 1.165) is 51.4 Å². The third-order valence-electron chi connectivity index (χ3n) is 5.91. The van der Waals surface area contributed by atoms with Crippen LogP contribution in [0.15, 0.2) is 0 Å². The minimum absolute atomic E-state index is 0. The molecule has 0 aliphatic heterocycles. The zero-order valence-corrected chi connectivity index (χ0v) is 28.7. The van der Waals surface area contributed by atoms with E-state index in [1.165, 1.54) is 103 Å². The molecule has 4 aliphatic carbocycles. The fourth-order valence-electron chi connectivity index (χ4n) is 3.83. The second-order valence-electron chi connectivity index (χ2n) is 9.07. The quantitative estimate of drug-likeness (QED) is 0.328. The summed E-state index contributed by atoms with van der Waals surface area (Å²) in [4.78, 5) is 0. The summed E-state index contributed by atoms with van der Waals surface area (Å²) in [6, 6.07) is 0. The number of hydrogen-bond donors (Lipinski definition) is 0. The van der Waals surface area contributed by atoms with Gasteiger partial charge in [0.05, 0.1) is 0 Å². The van der Waals surface area contributed by atoms with Crippen molar-refractivity contribution in [2.75, 3.05) is 0 Å². The molecular formula is C32H48Cl2Ir2-2. The normalized spacial score (nSPS) is 17.8. The van der Waals surface area contributed by atoms with Crippen LogP contribution < -0.4 is 24.8 Å². The zero-order chi connectivity index (χ0) is 22.6. The van der Waals surface area contributed by atoms with E-state index in [1.54, 1.807) is 0 Å². The molecule has 0 amide bonds. The van der Waals surface area contributed by atoms with Crippen molar-refractivity contribution in [3.05, 3.63) is 0 Å². The molecule has 2 radical (unpaired) electrons. The van der Waals surface area contributed by atoms with E-state index in [9.17, 15) is 0 Å². The smallest absolute Gasteiger partial charge is 0.00886 e. The predicted molar refractivity (Wildman–Crippen MR) is 142 cm³/mol. The Labute approximate surface area is 264 Å². The molecule has 4 aliphatic rings. The van der Waals surface area contributed by atoms with E-state index < -0.39 is 0 Å². The molecule has 0 saturated heterocycles. The summed E-state index contributed by atoms with van der Waals surface area (Å²) in [5.41, 5.74) is 0. The first kappa shape index (κ1) is 43.2. The first-order valence-corrected chi connectivity index (χ1v) is 13.8. The van der Waals surface area contributed by atoms with Gasteiger partial charge in [0.25, 0.3) is 0 Å². The molecule has 0 atom stereocenters. The van der Waals surface area contributed by atoms with E-state index in [1.807, 2.05) is 0 Å². The van der Waals surface area contributed by atoms with Crippen LogP contribution in [0.1, 0.15) is 154 Å². The van der Waals surface area contributed by atoms with Gasteiger partial charge in [-0.3, -0.25) is 0 Å². The van der Waals surface area contributed by atoms with Crippen LogP contribution >= 0.6 is 0 Å². The standard InChI is InChI=1S/4C8H12.2ClH.2Ir/c4*1-2-4-6-8-7-5-3-1;;;;/h4*1-6H2;2*1H;;/p-2. The Bertz CT molecular complexity index is 506. The minimum Gasteiger partial charge on any atom is -1.00 e. The molecule has 0 aromatic heterocycles. The first-order chi connectivity index (χ1) is 16.0. The van der Waals surface area contributed by atoms with Gasteiger partial charge < -0.3 is 24.8 Å². The summed E-state index contributed by atoms with van der Waals surface area (Å²) in [5.74, 6) is 25.1. The van der Waals surface area contributed by atoms with E-state index in [0.29, 0.717) is 0 Å². The molecule has 0 spiro atoms. The van der Waals surface area contributed by atoms with Crippen LogP contribution in [0.4, 0.5) is 0 Å². The predicted octanol–water partition coefficient (Wildman–Crippen LogP) is 3.38. The molecule has 0 saturated carbocycles. The molecule has 0 aromatic carbocycles. The Balaban J connectivity index is -0.000000183. The molecule has 4 heteroatoms. The molecule has 4 rings (SSSR count). The van der Waals surface area contributed by atoms with Crippen LogP contribution in [0.5, 0.6) is 0 Å². The Morgan fingerprint density at radius 2 is 0.306 bits per heavy atom. The zero-order valence-electron chi connectivity index (χ0n) is 22.4. The Hall–Kier alpha value is 0.119. The fourth-order valence-corrected chi connectivity index (χ4v) is 3.83. The molecule has 0 unspecified atom stereocenters. The first-order valence-electron chi connectivity index (χ1n) is 13.8. The van der Waals surface area contributed by atoms with E-state index in [4.69, 9.17) is 0 Å². The monoisotopic (exact) mass is 888 g/mol. The van der Waals surface area contributed by atoms with Crippen molar-refractivity contribution in [3.63, 3.8) is 0 Å². The number of rotatable bonds is 0. The maximum atomic E-state index is 3.14. The third-order valence-corrected chi connectivity index (χ3v) is 5.91. The van der Waals surface area contributed by atoms with Crippen molar-refractivity contribution < 1.29 is 65.0 Å². The fraction of sp³-hybridized carbons (Fsp3) is 0.750. The SMILES string of the molecule is C1#CCCCCCC1.C1#CCCCCCC1.C1#CCCCCCC1.C1#CCCCCCC1.[Cl-].[Cl-].[Ir].[Ir]. The largest absolute Gasteiger partial charge is 1.00 e. The third kappa shape index (κ3) is 36.3. The molecule has 0 fully saturated rings. The van der Waals surface area contributed by atoms with Crippen molar-refractivity contribution >= 4 is 0 Å². The average Bonchev–Trinajstić information content (AvgIpc) is 2.67. The van der Waals surface area contributed by atoms with Gasteiger partial charge in [0.2, 0.25) is 0 Å². The van der Waals surface area contributed by atoms with Crippen LogP contribution in [0, 0.1) is 47.4 Å². The topological polar surface area (TPSA) is 0 Å². The maximum absolute atomic E-state index is 3.14. The Kier molecular flexibility index (Phi) is 47.5. The second-order valence-corrected chi connectivity index (χ2v) is 9.07. The van der Waals surface area contributed by atoms with E-state index in [2.05, 4.69) is 47.4 Å². The molecule has 0 bridgehead atoms. The van der Waals surface area contributed by atoms with Gasteiger partial charge in [-0.1, -0.05) is 51.4 Å². The summed E-state index contributed by atoms with van der Waals surface area (Å²) in [6.45, 7) is 0. The Morgan fingerprint density at radius 1 is 0.194 bits per heavy atom. The molecule has 0 nitrogen and oxygen atoms in total. The van der Waals surface area contributed by atoms with Crippen molar-refractivity contribution in [2.24, 2.45) is 0 Å². The van der Waals surface area contributed by atoms with Gasteiger partial charge in [-0.15, -0.1) is 47.4 Å². The second kappa shape index (κ2) is 39.6. The molecule has 36 heavy (non-hydrogen) atoms. The minimum atomic E-state index is 0. The summed E-state index contributed by atoms with van der Waals surface area (Å²) in [6.07, 6.45) is 30.9. The van der Waals surface area contributed by atoms with Gasteiger partial charge >= 0.3 is 0 Å². The average molecular weight is 888 g/mol. The van der Waals surface area contributed by atoms with Crippen LogP contribution in [0.3, 0.4) is 0 Å². The molecular weight excluding hydrogens is 840 g/mol. The van der Waals surface area contributed by atoms with Gasteiger partial charge in [0.15, 0.2) is 0 Å². The van der Waals surface area contributed by atoms with Crippen LogP contribution in [0.25, 0.3) is 0 Å². The van der Waals surface area contributed by atoms with Crippen LogP contribution in [0.2, 0.25) is 0 Å². The van der Waals surface area contributed by atoms with Gasteiger partial charge in [0, 0.05) is 91.6 Å². The van der Waals surface area contributed by atoms with E-state index >= 15 is 0 Å². The van der Waals surface area contributed by atoms with Crippen molar-refractivity contribution in [2.45, 2.75) is 154 Å². The summed E-state index contributed by atoms with van der Waals surface area (Å²) in [7, 11) is 0. The van der Waals surface area contributed by atoms with Gasteiger partial charge in [-0.25, -0.2) is 0 Å². The molecule has 210 valence electrons. The van der Waals surface area contributed by atoms with Gasteiger partial charge in [0.1, 0.15) is 0 Å². The molecule has 0 aromatic rings. The maximum Gasteiger partial charge on any atom is 0.00886 e. The van der Waals surface area contributed by atoms with Gasteiger partial charge in [-0.05, 0) is 51.4 Å². The van der Waals surface area contributed by atoms with Crippen molar-refractivity contribution in [1.29, 1.82) is 0 Å². The van der Waals surface area contributed by atoms with Gasteiger partial charge in [-0.2, -0.15) is 0 Å². The van der Waals surface area contributed by atoms with Crippen LogP contribution in [-0.2, 0) is 40.2 Å². The molecule has 0 N–H and O–H groups in total. The number of halogens is 2. The Morgan fingerprint density at radius 3 is 0.417 bits per heavy atom. The van der Waals surface area contributed by atoms with Crippen molar-refractivity contribution in [1.82, 2.24) is 0 Å². The summed E-state index contributed by atoms with van der Waals surface area (Å²) < 4.78 is 0. The summed E-state index contributed by atoms with van der Waals surface area (Å²) >= 11 is 0. The van der Waals surface area contributed by atoms with Crippen molar-refractivity contribution in [3.8, 4) is 47.4 Å².